The molecule has 6 nitrogen and oxygen atoms in total. The van der Waals surface area contributed by atoms with Crippen molar-refractivity contribution in [3.8, 4) is 39.9 Å². The molecule has 3 aromatic heterocycles. The van der Waals surface area contributed by atoms with Gasteiger partial charge in [0, 0.05) is 49.7 Å². The van der Waals surface area contributed by atoms with Crippen LogP contribution in [0.15, 0.2) is 173 Å². The van der Waals surface area contributed by atoms with Crippen LogP contribution in [-0.4, -0.2) is 21.1 Å². The molecular weight excluding hydrogens is 679 g/mol. The maximum atomic E-state index is 6.74. The zero-order valence-corrected chi connectivity index (χ0v) is 29.3. The number of furan rings is 2. The molecule has 258 valence electrons. The average molecular weight is 708 g/mol. The number of allylic oxidation sites excluding steroid dienone is 2. The molecule has 0 N–H and O–H groups in total. The van der Waals surface area contributed by atoms with Gasteiger partial charge in [-0.2, -0.15) is 0 Å². The van der Waals surface area contributed by atoms with Crippen molar-refractivity contribution < 1.29 is 13.6 Å². The highest BCUT2D eigenvalue weighted by atomic mass is 16.5. The van der Waals surface area contributed by atoms with Crippen LogP contribution in [0, 0.1) is 0 Å². The molecule has 55 heavy (non-hydrogen) atoms. The summed E-state index contributed by atoms with van der Waals surface area (Å²) < 4.78 is 19.3. The Morgan fingerprint density at radius 2 is 1.07 bits per heavy atom. The molecule has 1 aliphatic heterocycles. The molecule has 2 aliphatic rings. The molecule has 0 saturated heterocycles. The summed E-state index contributed by atoms with van der Waals surface area (Å²) in [6.07, 6.45) is 6.53. The standard InChI is InChI=1S/C49H29N3O3/c1-2-11-29-26-31(23-22-28(29)10-1)47-50-48(36-15-8-20-41-45(36)34-13-4-6-18-39(34)54-41)52-49(51-47)37-16-9-21-42-46(37)35-25-24-30(27-43(35)55-42)32-14-7-19-40-44(32)33-12-3-5-17-38(33)53-40/h1-27,35,43H. The third-order valence-corrected chi connectivity index (χ3v) is 11.1. The third-order valence-electron chi connectivity index (χ3n) is 11.1. The number of aromatic nitrogens is 3. The molecule has 4 heterocycles. The van der Waals surface area contributed by atoms with Crippen LogP contribution in [0.25, 0.3) is 94.4 Å². The molecule has 12 rings (SSSR count). The molecule has 0 saturated carbocycles. The van der Waals surface area contributed by atoms with E-state index in [4.69, 9.17) is 28.5 Å². The Morgan fingerprint density at radius 1 is 0.473 bits per heavy atom. The first kappa shape index (κ1) is 30.2. The fraction of sp³-hybridized carbons (Fsp3) is 0.0408. The fourth-order valence-corrected chi connectivity index (χ4v) is 8.58. The highest BCUT2D eigenvalue weighted by Crippen LogP contribution is 2.48. The van der Waals surface area contributed by atoms with Crippen molar-refractivity contribution in [3.05, 3.63) is 175 Å². The summed E-state index contributed by atoms with van der Waals surface area (Å²) in [5.41, 5.74) is 9.40. The maximum absolute atomic E-state index is 6.74. The first-order valence-electron chi connectivity index (χ1n) is 18.5. The molecular formula is C49H29N3O3. The molecule has 0 radical (unpaired) electrons. The van der Waals surface area contributed by atoms with Gasteiger partial charge in [0.05, 0.1) is 0 Å². The van der Waals surface area contributed by atoms with Gasteiger partial charge >= 0.3 is 0 Å². The van der Waals surface area contributed by atoms with E-state index in [2.05, 4.69) is 103 Å². The first-order chi connectivity index (χ1) is 27.2. The Hall–Kier alpha value is -7.31. The number of para-hydroxylation sites is 2. The zero-order chi connectivity index (χ0) is 36.0. The average Bonchev–Trinajstić information content (AvgIpc) is 3.94. The smallest absolute Gasteiger partial charge is 0.164 e. The van der Waals surface area contributed by atoms with Gasteiger partial charge in [-0.15, -0.1) is 0 Å². The van der Waals surface area contributed by atoms with E-state index in [0.717, 1.165) is 93.8 Å². The van der Waals surface area contributed by atoms with Crippen molar-refractivity contribution in [2.45, 2.75) is 12.0 Å². The lowest BCUT2D eigenvalue weighted by atomic mass is 9.84. The highest BCUT2D eigenvalue weighted by Gasteiger charge is 2.37. The SMILES string of the molecule is C1=CC2c3c(cccc3-c3nc(-c4ccc5ccccc5c4)nc(-c4cccc5oc6ccccc6c45)n3)OC2C=C1c1cccc2oc3ccccc3c12. The van der Waals surface area contributed by atoms with Crippen LogP contribution >= 0.6 is 0 Å². The summed E-state index contributed by atoms with van der Waals surface area (Å²) in [7, 11) is 0. The lowest BCUT2D eigenvalue weighted by molar-refractivity contribution is 0.269. The molecule has 0 bridgehead atoms. The van der Waals surface area contributed by atoms with E-state index < -0.39 is 0 Å². The van der Waals surface area contributed by atoms with Crippen molar-refractivity contribution >= 4 is 60.2 Å². The van der Waals surface area contributed by atoms with Gasteiger partial charge < -0.3 is 13.6 Å². The second-order valence-electron chi connectivity index (χ2n) is 14.2. The number of rotatable bonds is 4. The van der Waals surface area contributed by atoms with E-state index in [-0.39, 0.29) is 12.0 Å². The molecule has 0 spiro atoms. The third kappa shape index (κ3) is 4.64. The van der Waals surface area contributed by atoms with Crippen molar-refractivity contribution in [1.82, 2.24) is 15.0 Å². The van der Waals surface area contributed by atoms with Crippen LogP contribution < -0.4 is 4.74 Å². The number of nitrogens with zero attached hydrogens (tertiary/aromatic N) is 3. The van der Waals surface area contributed by atoms with E-state index in [1.807, 2.05) is 60.7 Å². The van der Waals surface area contributed by atoms with Crippen LogP contribution in [-0.2, 0) is 0 Å². The van der Waals surface area contributed by atoms with Crippen molar-refractivity contribution in [3.63, 3.8) is 0 Å². The van der Waals surface area contributed by atoms with Gasteiger partial charge in [-0.1, -0.05) is 121 Å². The number of hydrogen-bond acceptors (Lipinski definition) is 6. The minimum atomic E-state index is -0.197. The van der Waals surface area contributed by atoms with Gasteiger partial charge in [0.2, 0.25) is 0 Å². The lowest BCUT2D eigenvalue weighted by Gasteiger charge is -2.20. The monoisotopic (exact) mass is 707 g/mol. The van der Waals surface area contributed by atoms with Gasteiger partial charge in [-0.25, -0.2) is 15.0 Å². The lowest BCUT2D eigenvalue weighted by Crippen LogP contribution is -2.17. The van der Waals surface area contributed by atoms with Crippen LogP contribution in [0.3, 0.4) is 0 Å². The molecule has 2 unspecified atom stereocenters. The Balaban J connectivity index is 1.02. The molecule has 0 amide bonds. The van der Waals surface area contributed by atoms with E-state index in [0.29, 0.717) is 17.5 Å². The highest BCUT2D eigenvalue weighted by molar-refractivity contribution is 6.12. The van der Waals surface area contributed by atoms with E-state index in [1.165, 1.54) is 0 Å². The van der Waals surface area contributed by atoms with Gasteiger partial charge in [0.25, 0.3) is 0 Å². The molecule has 0 fully saturated rings. The summed E-state index contributed by atoms with van der Waals surface area (Å²) in [6, 6.07) is 49.6. The van der Waals surface area contributed by atoms with E-state index in [1.54, 1.807) is 0 Å². The van der Waals surface area contributed by atoms with Gasteiger partial charge in [0.15, 0.2) is 17.5 Å². The second kappa shape index (κ2) is 11.6. The normalized spacial score (nSPS) is 16.2. The van der Waals surface area contributed by atoms with E-state index >= 15 is 0 Å². The van der Waals surface area contributed by atoms with Gasteiger partial charge in [0.1, 0.15) is 34.2 Å². The quantitative estimate of drug-likeness (QED) is 0.181. The number of benzene rings is 7. The predicted octanol–water partition coefficient (Wildman–Crippen LogP) is 12.3. The molecule has 10 aromatic rings. The van der Waals surface area contributed by atoms with Crippen molar-refractivity contribution in [1.29, 1.82) is 0 Å². The minimum Gasteiger partial charge on any atom is -0.485 e. The topological polar surface area (TPSA) is 74.2 Å². The molecule has 2 atom stereocenters. The van der Waals surface area contributed by atoms with Crippen molar-refractivity contribution in [2.24, 2.45) is 0 Å². The summed E-state index contributed by atoms with van der Waals surface area (Å²) in [5, 5.41) is 6.51. The summed E-state index contributed by atoms with van der Waals surface area (Å²) in [5.74, 6) is 2.59. The molecule has 6 heteroatoms. The molecule has 7 aromatic carbocycles. The van der Waals surface area contributed by atoms with E-state index in [9.17, 15) is 0 Å². The summed E-state index contributed by atoms with van der Waals surface area (Å²) in [6.45, 7) is 0. The Kier molecular flexibility index (Phi) is 6.36. The van der Waals surface area contributed by atoms with Crippen LogP contribution in [0.5, 0.6) is 5.75 Å². The Morgan fingerprint density at radius 3 is 1.85 bits per heavy atom. The van der Waals surface area contributed by atoms with Crippen LogP contribution in [0.4, 0.5) is 0 Å². The number of hydrogen-bond donors (Lipinski definition) is 0. The second-order valence-corrected chi connectivity index (χ2v) is 14.2. The zero-order valence-electron chi connectivity index (χ0n) is 29.3. The van der Waals surface area contributed by atoms with Crippen LogP contribution in [0.2, 0.25) is 0 Å². The Bertz CT molecular complexity index is 3280. The van der Waals surface area contributed by atoms with Gasteiger partial charge in [-0.3, -0.25) is 0 Å². The summed E-state index contributed by atoms with van der Waals surface area (Å²) >= 11 is 0. The summed E-state index contributed by atoms with van der Waals surface area (Å²) in [4.78, 5) is 15.7. The maximum Gasteiger partial charge on any atom is 0.164 e. The first-order valence-corrected chi connectivity index (χ1v) is 18.5. The number of fused-ring (bicyclic) bond motifs is 10. The minimum absolute atomic E-state index is 0.0270. The molecule has 1 aliphatic carbocycles. The fourth-order valence-electron chi connectivity index (χ4n) is 8.58. The Labute approximate surface area is 314 Å². The van der Waals surface area contributed by atoms with Gasteiger partial charge in [-0.05, 0) is 64.4 Å². The van der Waals surface area contributed by atoms with Crippen LogP contribution in [0.1, 0.15) is 17.0 Å². The largest absolute Gasteiger partial charge is 0.485 e. The number of ether oxygens (including phenoxy) is 1. The predicted molar refractivity (Wildman–Crippen MR) is 219 cm³/mol. The van der Waals surface area contributed by atoms with Crippen molar-refractivity contribution in [2.75, 3.05) is 0 Å².